The van der Waals surface area contributed by atoms with E-state index >= 15 is 0 Å². The molecule has 0 unspecified atom stereocenters. The normalized spacial score (nSPS) is 16.4. The van der Waals surface area contributed by atoms with Crippen molar-refractivity contribution in [1.29, 1.82) is 0 Å². The average molecular weight is 176 g/mol. The van der Waals surface area contributed by atoms with Crippen molar-refractivity contribution in [3.63, 3.8) is 0 Å². The van der Waals surface area contributed by atoms with Gasteiger partial charge in [0.25, 0.3) is 0 Å². The number of hydrogen-bond acceptors (Lipinski definition) is 1. The van der Waals surface area contributed by atoms with Crippen molar-refractivity contribution >= 4 is 0 Å². The van der Waals surface area contributed by atoms with Gasteiger partial charge < -0.3 is 5.11 Å². The fourth-order valence-electron chi connectivity index (χ4n) is 2.19. The second-order valence-corrected chi connectivity index (χ2v) is 3.77. The van der Waals surface area contributed by atoms with Crippen molar-refractivity contribution in [3.05, 3.63) is 34.9 Å². The minimum absolute atomic E-state index is 0.198. The smallest absolute Gasteiger partial charge is 0.0684 e. The van der Waals surface area contributed by atoms with E-state index in [1.807, 2.05) is 6.07 Å². The predicted molar refractivity (Wildman–Crippen MR) is 53.6 cm³/mol. The average Bonchev–Trinajstić information content (AvgIpc) is 2.41. The first-order valence-corrected chi connectivity index (χ1v) is 5.12. The molecular formula is C12H16O. The van der Waals surface area contributed by atoms with Crippen LogP contribution in [-0.2, 0) is 19.4 Å². The highest BCUT2D eigenvalue weighted by Crippen LogP contribution is 2.23. The first kappa shape index (κ1) is 8.76. The Hall–Kier alpha value is -0.820. The van der Waals surface area contributed by atoms with Gasteiger partial charge in [-0.25, -0.2) is 0 Å². The van der Waals surface area contributed by atoms with E-state index in [-0.39, 0.29) is 6.61 Å². The van der Waals surface area contributed by atoms with Gasteiger partial charge in [-0.3, -0.25) is 0 Å². The molecule has 1 N–H and O–H groups in total. The number of aryl methyl sites for hydroxylation is 1. The van der Waals surface area contributed by atoms with Gasteiger partial charge >= 0.3 is 0 Å². The molecule has 1 heteroatoms. The molecule has 1 aliphatic carbocycles. The molecule has 0 atom stereocenters. The van der Waals surface area contributed by atoms with E-state index in [1.54, 1.807) is 0 Å². The number of benzene rings is 1. The van der Waals surface area contributed by atoms with Crippen LogP contribution in [0.2, 0.25) is 0 Å². The van der Waals surface area contributed by atoms with Crippen LogP contribution >= 0.6 is 0 Å². The quantitative estimate of drug-likeness (QED) is 0.652. The molecule has 0 heterocycles. The molecule has 0 aliphatic heterocycles. The molecule has 0 radical (unpaired) electrons. The summed E-state index contributed by atoms with van der Waals surface area (Å²) in [6.45, 7) is 0.198. The Kier molecular flexibility index (Phi) is 2.65. The van der Waals surface area contributed by atoms with Crippen molar-refractivity contribution in [3.8, 4) is 0 Å². The molecule has 0 amide bonds. The molecule has 0 saturated carbocycles. The molecule has 1 aliphatic rings. The van der Waals surface area contributed by atoms with Crippen LogP contribution in [0.3, 0.4) is 0 Å². The lowest BCUT2D eigenvalue weighted by atomic mass is 9.98. The Morgan fingerprint density at radius 1 is 1.08 bits per heavy atom. The number of fused-ring (bicyclic) bond motifs is 1. The molecule has 0 spiro atoms. The zero-order valence-electron chi connectivity index (χ0n) is 7.92. The lowest BCUT2D eigenvalue weighted by Gasteiger charge is -2.09. The molecule has 1 aromatic carbocycles. The number of hydrogen-bond donors (Lipinski definition) is 1. The van der Waals surface area contributed by atoms with Crippen LogP contribution in [0.4, 0.5) is 0 Å². The minimum Gasteiger partial charge on any atom is -0.392 e. The van der Waals surface area contributed by atoms with E-state index in [0.29, 0.717) is 0 Å². The summed E-state index contributed by atoms with van der Waals surface area (Å²) in [6.07, 6.45) is 6.28. The van der Waals surface area contributed by atoms with Crippen molar-refractivity contribution in [2.45, 2.75) is 38.7 Å². The number of aliphatic hydroxyl groups excluding tert-OH is 1. The van der Waals surface area contributed by atoms with Gasteiger partial charge in [0, 0.05) is 0 Å². The van der Waals surface area contributed by atoms with Gasteiger partial charge in [-0.15, -0.1) is 0 Å². The molecule has 70 valence electrons. The number of rotatable bonds is 1. The molecule has 13 heavy (non-hydrogen) atoms. The topological polar surface area (TPSA) is 20.2 Å². The highest BCUT2D eigenvalue weighted by Gasteiger charge is 2.10. The summed E-state index contributed by atoms with van der Waals surface area (Å²) in [7, 11) is 0. The van der Waals surface area contributed by atoms with Crippen LogP contribution < -0.4 is 0 Å². The lowest BCUT2D eigenvalue weighted by molar-refractivity contribution is 0.280. The predicted octanol–water partition coefficient (Wildman–Crippen LogP) is 2.45. The van der Waals surface area contributed by atoms with Crippen molar-refractivity contribution in [1.82, 2.24) is 0 Å². The first-order chi connectivity index (χ1) is 6.42. The van der Waals surface area contributed by atoms with Crippen LogP contribution in [0.15, 0.2) is 18.2 Å². The van der Waals surface area contributed by atoms with Gasteiger partial charge in [0.1, 0.15) is 0 Å². The maximum Gasteiger partial charge on any atom is 0.0684 e. The summed E-state index contributed by atoms with van der Waals surface area (Å²) in [5.41, 5.74) is 4.02. The third kappa shape index (κ3) is 1.75. The summed E-state index contributed by atoms with van der Waals surface area (Å²) >= 11 is 0. The van der Waals surface area contributed by atoms with E-state index in [0.717, 1.165) is 12.0 Å². The van der Waals surface area contributed by atoms with Gasteiger partial charge in [-0.1, -0.05) is 24.6 Å². The van der Waals surface area contributed by atoms with Crippen LogP contribution in [0.25, 0.3) is 0 Å². The highest BCUT2D eigenvalue weighted by atomic mass is 16.3. The van der Waals surface area contributed by atoms with Crippen LogP contribution in [0, 0.1) is 0 Å². The van der Waals surface area contributed by atoms with Gasteiger partial charge in [0.15, 0.2) is 0 Å². The zero-order chi connectivity index (χ0) is 9.10. The SMILES string of the molecule is OCc1cccc2c1CCCCC2. The maximum absolute atomic E-state index is 9.19. The van der Waals surface area contributed by atoms with Crippen LogP contribution in [-0.4, -0.2) is 5.11 Å². The van der Waals surface area contributed by atoms with Gasteiger partial charge in [-0.05, 0) is 42.4 Å². The first-order valence-electron chi connectivity index (χ1n) is 5.12. The molecule has 1 aromatic rings. The second kappa shape index (κ2) is 3.93. The molecular weight excluding hydrogens is 160 g/mol. The fraction of sp³-hybridized carbons (Fsp3) is 0.500. The van der Waals surface area contributed by atoms with Crippen LogP contribution in [0.1, 0.15) is 36.0 Å². The summed E-state index contributed by atoms with van der Waals surface area (Å²) in [6, 6.07) is 6.32. The molecule has 2 rings (SSSR count). The minimum atomic E-state index is 0.198. The summed E-state index contributed by atoms with van der Waals surface area (Å²) in [5, 5.41) is 9.19. The molecule has 0 aromatic heterocycles. The van der Waals surface area contributed by atoms with E-state index in [1.165, 1.54) is 36.8 Å². The van der Waals surface area contributed by atoms with Crippen molar-refractivity contribution < 1.29 is 5.11 Å². The Bertz CT molecular complexity index is 291. The van der Waals surface area contributed by atoms with E-state index in [9.17, 15) is 5.11 Å². The lowest BCUT2D eigenvalue weighted by Crippen LogP contribution is -1.97. The third-order valence-corrected chi connectivity index (χ3v) is 2.91. The van der Waals surface area contributed by atoms with Crippen molar-refractivity contribution in [2.24, 2.45) is 0 Å². The van der Waals surface area contributed by atoms with Crippen molar-refractivity contribution in [2.75, 3.05) is 0 Å². The summed E-state index contributed by atoms with van der Waals surface area (Å²) in [5.74, 6) is 0. The Morgan fingerprint density at radius 2 is 1.92 bits per heavy atom. The van der Waals surface area contributed by atoms with E-state index < -0.39 is 0 Å². The molecule has 1 nitrogen and oxygen atoms in total. The number of aliphatic hydroxyl groups is 1. The van der Waals surface area contributed by atoms with E-state index in [4.69, 9.17) is 0 Å². The molecule has 0 bridgehead atoms. The Labute approximate surface area is 79.4 Å². The second-order valence-electron chi connectivity index (χ2n) is 3.77. The van der Waals surface area contributed by atoms with Crippen LogP contribution in [0.5, 0.6) is 0 Å². The third-order valence-electron chi connectivity index (χ3n) is 2.91. The van der Waals surface area contributed by atoms with E-state index in [2.05, 4.69) is 12.1 Å². The Balaban J connectivity index is 2.40. The standard InChI is InChI=1S/C12H16O/c13-9-11-7-4-6-10-5-2-1-3-8-12(10)11/h4,6-7,13H,1-3,5,8-9H2. The molecule has 0 saturated heterocycles. The largest absolute Gasteiger partial charge is 0.392 e. The fourth-order valence-corrected chi connectivity index (χ4v) is 2.19. The van der Waals surface area contributed by atoms with Gasteiger partial charge in [0.2, 0.25) is 0 Å². The highest BCUT2D eigenvalue weighted by molar-refractivity contribution is 5.35. The zero-order valence-corrected chi connectivity index (χ0v) is 7.92. The molecule has 0 fully saturated rings. The maximum atomic E-state index is 9.19. The van der Waals surface area contributed by atoms with Gasteiger partial charge in [-0.2, -0.15) is 0 Å². The van der Waals surface area contributed by atoms with Gasteiger partial charge in [0.05, 0.1) is 6.61 Å². The monoisotopic (exact) mass is 176 g/mol. The summed E-state index contributed by atoms with van der Waals surface area (Å²) in [4.78, 5) is 0. The Morgan fingerprint density at radius 3 is 2.77 bits per heavy atom. The summed E-state index contributed by atoms with van der Waals surface area (Å²) < 4.78 is 0.